The second-order valence-corrected chi connectivity index (χ2v) is 1.35. The Morgan fingerprint density at radius 3 is 2.25 bits per heavy atom. The number of nitrogens with two attached hydrogens (primary N) is 1. The van der Waals surface area contributed by atoms with Crippen LogP contribution in [0.5, 0.6) is 0 Å². The van der Waals surface area contributed by atoms with Gasteiger partial charge in [-0.15, -0.1) is 0 Å². The number of aliphatic carboxylic acids is 1. The second-order valence-electron chi connectivity index (χ2n) is 1.35. The quantitative estimate of drug-likeness (QED) is 0.456. The Balaban J connectivity index is 0. The summed E-state index contributed by atoms with van der Waals surface area (Å²) in [4.78, 5) is 9.81. The van der Waals surface area contributed by atoms with Gasteiger partial charge in [0, 0.05) is 0 Å². The summed E-state index contributed by atoms with van der Waals surface area (Å²) in [6, 6.07) is -0.681. The first-order chi connectivity index (χ1) is 3.18. The van der Waals surface area contributed by atoms with Crippen molar-refractivity contribution < 1.29 is 9.90 Å². The van der Waals surface area contributed by atoms with Crippen LogP contribution < -0.4 is 5.73 Å². The van der Waals surface area contributed by atoms with E-state index < -0.39 is 12.0 Å². The molecule has 3 N–H and O–H groups in total. The molecule has 0 radical (unpaired) electrons. The van der Waals surface area contributed by atoms with Crippen molar-refractivity contribution in [2.75, 3.05) is 0 Å². The van der Waals surface area contributed by atoms with Gasteiger partial charge in [0.1, 0.15) is 6.04 Å². The van der Waals surface area contributed by atoms with Gasteiger partial charge in [0.25, 0.3) is 0 Å². The molecule has 0 aliphatic heterocycles. The van der Waals surface area contributed by atoms with Crippen LogP contribution in [0, 0.1) is 0 Å². The van der Waals surface area contributed by atoms with Crippen molar-refractivity contribution in [3.63, 3.8) is 0 Å². The third-order valence-electron chi connectivity index (χ3n) is 0.757. The summed E-state index contributed by atoms with van der Waals surface area (Å²) in [7, 11) is 0. The van der Waals surface area contributed by atoms with Gasteiger partial charge in [-0.25, -0.2) is 0 Å². The molecule has 0 aromatic rings. The number of rotatable bonds is 2. The molecular formula is C4H10LiNO2. The molecule has 0 bridgehead atoms. The van der Waals surface area contributed by atoms with Gasteiger partial charge in [-0.05, 0) is 6.42 Å². The Bertz CT molecular complexity index is 76.4. The van der Waals surface area contributed by atoms with E-state index >= 15 is 0 Å². The fourth-order valence-corrected chi connectivity index (χ4v) is 0.175. The summed E-state index contributed by atoms with van der Waals surface area (Å²) < 4.78 is 0. The van der Waals surface area contributed by atoms with E-state index in [-0.39, 0.29) is 18.9 Å². The van der Waals surface area contributed by atoms with Gasteiger partial charge in [-0.2, -0.15) is 0 Å². The predicted molar refractivity (Wildman–Crippen MR) is 33.1 cm³/mol. The molecule has 0 saturated carbocycles. The van der Waals surface area contributed by atoms with Crippen molar-refractivity contribution >= 4 is 24.8 Å². The molecule has 0 saturated heterocycles. The molecule has 0 aromatic carbocycles. The molecule has 4 heteroatoms. The van der Waals surface area contributed by atoms with Crippen LogP contribution in [0.3, 0.4) is 0 Å². The predicted octanol–water partition coefficient (Wildman–Crippen LogP) is -0.840. The van der Waals surface area contributed by atoms with Crippen molar-refractivity contribution in [1.82, 2.24) is 0 Å². The maximum atomic E-state index is 9.81. The summed E-state index contributed by atoms with van der Waals surface area (Å²) in [5.74, 6) is -0.928. The van der Waals surface area contributed by atoms with Gasteiger partial charge in [0.15, 0.2) is 0 Å². The average molecular weight is 111 g/mol. The Hall–Kier alpha value is 0.0274. The number of carboxylic acid groups (broad SMARTS) is 1. The molecule has 8 heavy (non-hydrogen) atoms. The van der Waals surface area contributed by atoms with Crippen LogP contribution in [0.25, 0.3) is 0 Å². The number of carboxylic acids is 1. The Morgan fingerprint density at radius 2 is 2.25 bits per heavy atom. The number of carbonyl (C=O) groups is 1. The number of hydrogen-bond acceptors (Lipinski definition) is 2. The van der Waals surface area contributed by atoms with Gasteiger partial charge in [0.2, 0.25) is 0 Å². The molecule has 3 nitrogen and oxygen atoms in total. The standard InChI is InChI=1S/C4H9NO2.Li.H/c1-2-3(5)4(6)7;;/h3H,2,5H2,1H3,(H,6,7);;. The minimum absolute atomic E-state index is 0. The Morgan fingerprint density at radius 1 is 1.88 bits per heavy atom. The molecule has 1 unspecified atom stereocenters. The van der Waals surface area contributed by atoms with Crippen LogP contribution in [0.15, 0.2) is 0 Å². The zero-order valence-electron chi connectivity index (χ0n) is 4.22. The summed E-state index contributed by atoms with van der Waals surface area (Å²) in [5, 5.41) is 8.06. The third kappa shape index (κ3) is 4.19. The summed E-state index contributed by atoms with van der Waals surface area (Å²) in [5.41, 5.74) is 5.02. The zero-order valence-corrected chi connectivity index (χ0v) is 4.22. The van der Waals surface area contributed by atoms with E-state index in [1.165, 1.54) is 0 Å². The monoisotopic (exact) mass is 111 g/mol. The first kappa shape index (κ1) is 10.9. The molecule has 0 rings (SSSR count). The zero-order chi connectivity index (χ0) is 5.86. The van der Waals surface area contributed by atoms with E-state index in [2.05, 4.69) is 0 Å². The van der Waals surface area contributed by atoms with Crippen LogP contribution in [-0.4, -0.2) is 36.0 Å². The average Bonchev–Trinajstić information content (AvgIpc) is 1.65. The second kappa shape index (κ2) is 5.17. The van der Waals surface area contributed by atoms with Crippen LogP contribution >= 0.6 is 0 Å². The van der Waals surface area contributed by atoms with Crippen LogP contribution in [0.4, 0.5) is 0 Å². The van der Waals surface area contributed by atoms with Crippen molar-refractivity contribution in [1.29, 1.82) is 0 Å². The van der Waals surface area contributed by atoms with Crippen LogP contribution in [-0.2, 0) is 4.79 Å². The van der Waals surface area contributed by atoms with E-state index in [1.54, 1.807) is 6.92 Å². The third-order valence-corrected chi connectivity index (χ3v) is 0.757. The molecule has 44 valence electrons. The SMILES string of the molecule is CCC(N)C(=O)O.[LiH]. The van der Waals surface area contributed by atoms with E-state index in [0.29, 0.717) is 6.42 Å². The normalized spacial score (nSPS) is 11.8. The minimum atomic E-state index is -0.928. The Labute approximate surface area is 60.4 Å². The first-order valence-electron chi connectivity index (χ1n) is 2.17. The fourth-order valence-electron chi connectivity index (χ4n) is 0.175. The van der Waals surface area contributed by atoms with E-state index in [4.69, 9.17) is 10.8 Å². The van der Waals surface area contributed by atoms with Crippen molar-refractivity contribution in [3.05, 3.63) is 0 Å². The van der Waals surface area contributed by atoms with E-state index in [0.717, 1.165) is 0 Å². The van der Waals surface area contributed by atoms with Crippen molar-refractivity contribution in [3.8, 4) is 0 Å². The maximum absolute atomic E-state index is 9.81. The molecule has 0 spiro atoms. The molecule has 0 aliphatic carbocycles. The Kier molecular flexibility index (Phi) is 7.05. The molecule has 0 fully saturated rings. The van der Waals surface area contributed by atoms with Crippen molar-refractivity contribution in [2.45, 2.75) is 19.4 Å². The number of hydrogen-bond donors (Lipinski definition) is 2. The topological polar surface area (TPSA) is 63.3 Å². The van der Waals surface area contributed by atoms with Gasteiger partial charge >= 0.3 is 24.8 Å². The van der Waals surface area contributed by atoms with Crippen LogP contribution in [0.1, 0.15) is 13.3 Å². The molecule has 0 heterocycles. The molecular weight excluding hydrogens is 101 g/mol. The molecule has 0 amide bonds. The van der Waals surface area contributed by atoms with E-state index in [1.807, 2.05) is 0 Å². The molecule has 1 atom stereocenters. The first-order valence-corrected chi connectivity index (χ1v) is 2.17. The summed E-state index contributed by atoms with van der Waals surface area (Å²) in [6.45, 7) is 1.73. The van der Waals surface area contributed by atoms with Gasteiger partial charge < -0.3 is 10.8 Å². The summed E-state index contributed by atoms with van der Waals surface area (Å²) >= 11 is 0. The van der Waals surface area contributed by atoms with Crippen molar-refractivity contribution in [2.24, 2.45) is 5.73 Å². The van der Waals surface area contributed by atoms with Crippen LogP contribution in [0.2, 0.25) is 0 Å². The van der Waals surface area contributed by atoms with E-state index in [9.17, 15) is 4.79 Å². The van der Waals surface area contributed by atoms with Gasteiger partial charge in [0.05, 0.1) is 0 Å². The molecule has 0 aromatic heterocycles. The molecule has 0 aliphatic rings. The van der Waals surface area contributed by atoms with Gasteiger partial charge in [-0.3, -0.25) is 4.79 Å². The van der Waals surface area contributed by atoms with Gasteiger partial charge in [-0.1, -0.05) is 6.92 Å². The fraction of sp³-hybridized carbons (Fsp3) is 0.750. The summed E-state index contributed by atoms with van der Waals surface area (Å²) in [6.07, 6.45) is 0.495.